The third-order valence-corrected chi connectivity index (χ3v) is 5.06. The largest absolute Gasteiger partial charge is 0.496 e. The zero-order valence-corrected chi connectivity index (χ0v) is 14.8. The van der Waals surface area contributed by atoms with E-state index in [1.54, 1.807) is 13.2 Å². The highest BCUT2D eigenvalue weighted by Gasteiger charge is 2.13. The number of rotatable bonds is 5. The molecule has 2 aromatic rings. The summed E-state index contributed by atoms with van der Waals surface area (Å²) in [5.74, 6) is 1.27. The first-order chi connectivity index (χ1) is 9.90. The summed E-state index contributed by atoms with van der Waals surface area (Å²) in [4.78, 5) is 6.99. The van der Waals surface area contributed by atoms with E-state index in [1.807, 2.05) is 23.5 Å². The van der Waals surface area contributed by atoms with Crippen LogP contribution in [0.3, 0.4) is 0 Å². The molecule has 2 N–H and O–H groups in total. The highest BCUT2D eigenvalue weighted by molar-refractivity contribution is 8.02. The molecule has 0 amide bonds. The molecule has 21 heavy (non-hydrogen) atoms. The molecule has 0 unspecified atom stereocenters. The van der Waals surface area contributed by atoms with Gasteiger partial charge in [-0.1, -0.05) is 27.7 Å². The predicted molar refractivity (Wildman–Crippen MR) is 94.7 cm³/mol. The fraction of sp³-hybridized carbons (Fsp3) is 0.438. The van der Waals surface area contributed by atoms with Crippen LogP contribution >= 0.6 is 23.5 Å². The number of nitrogen functional groups attached to an aromatic ring is 1. The summed E-state index contributed by atoms with van der Waals surface area (Å²) < 4.78 is 5.45. The summed E-state index contributed by atoms with van der Waals surface area (Å²) in [7, 11) is 1.67. The van der Waals surface area contributed by atoms with Crippen molar-refractivity contribution >= 4 is 40.2 Å². The van der Waals surface area contributed by atoms with Crippen molar-refractivity contribution < 1.29 is 4.74 Å². The van der Waals surface area contributed by atoms with Gasteiger partial charge >= 0.3 is 0 Å². The van der Waals surface area contributed by atoms with Crippen molar-refractivity contribution in [3.05, 3.63) is 18.2 Å². The number of anilines is 1. The highest BCUT2D eigenvalue weighted by atomic mass is 32.2. The lowest BCUT2D eigenvalue weighted by Crippen LogP contribution is -1.97. The first-order valence-electron chi connectivity index (χ1n) is 7.02. The van der Waals surface area contributed by atoms with Gasteiger partial charge in [0.15, 0.2) is 0 Å². The molecule has 0 fully saturated rings. The summed E-state index contributed by atoms with van der Waals surface area (Å²) in [6, 6.07) is 6.08. The van der Waals surface area contributed by atoms with Crippen LogP contribution in [0.15, 0.2) is 28.0 Å². The number of nitrogens with two attached hydrogens (primary N) is 1. The molecule has 114 valence electrons. The van der Waals surface area contributed by atoms with E-state index in [-0.39, 0.29) is 0 Å². The fourth-order valence-electron chi connectivity index (χ4n) is 2.08. The maximum Gasteiger partial charge on any atom is 0.131 e. The lowest BCUT2D eigenvalue weighted by Gasteiger charge is -2.15. The minimum Gasteiger partial charge on any atom is -0.496 e. The van der Waals surface area contributed by atoms with Crippen LogP contribution in [0.25, 0.3) is 10.9 Å². The average Bonchev–Trinajstić information content (AvgIpc) is 2.37. The van der Waals surface area contributed by atoms with Crippen LogP contribution < -0.4 is 10.5 Å². The van der Waals surface area contributed by atoms with Gasteiger partial charge in [-0.3, -0.25) is 0 Å². The van der Waals surface area contributed by atoms with Crippen molar-refractivity contribution in [2.45, 2.75) is 48.0 Å². The minimum atomic E-state index is 0.490. The number of methoxy groups -OCH3 is 1. The van der Waals surface area contributed by atoms with E-state index >= 15 is 0 Å². The van der Waals surface area contributed by atoms with Crippen molar-refractivity contribution in [2.75, 3.05) is 12.8 Å². The van der Waals surface area contributed by atoms with E-state index < -0.39 is 0 Å². The van der Waals surface area contributed by atoms with Gasteiger partial charge in [-0.15, -0.1) is 23.5 Å². The summed E-state index contributed by atoms with van der Waals surface area (Å²) >= 11 is 3.73. The Morgan fingerprint density at radius 1 is 1.00 bits per heavy atom. The molecule has 5 heteroatoms. The number of nitrogens with zero attached hydrogens (tertiary/aromatic N) is 1. The van der Waals surface area contributed by atoms with E-state index in [4.69, 9.17) is 10.5 Å². The molecule has 1 aromatic heterocycles. The smallest absolute Gasteiger partial charge is 0.131 e. The number of pyridine rings is 1. The standard InChI is InChI=1S/C16H22N2OS2/c1-9(2)20-14-6-11-12(7-15(14)21-10(3)4)18-16(17)8-13(11)19-5/h6-10H,1-5H3,(H2,17,18). The molecule has 0 saturated carbocycles. The Morgan fingerprint density at radius 3 is 2.10 bits per heavy atom. The van der Waals surface area contributed by atoms with Crippen molar-refractivity contribution in [3.63, 3.8) is 0 Å². The van der Waals surface area contributed by atoms with E-state index in [0.717, 1.165) is 16.7 Å². The van der Waals surface area contributed by atoms with Gasteiger partial charge in [-0.25, -0.2) is 4.98 Å². The molecule has 0 aliphatic rings. The Morgan fingerprint density at radius 2 is 1.57 bits per heavy atom. The monoisotopic (exact) mass is 322 g/mol. The van der Waals surface area contributed by atoms with E-state index in [2.05, 4.69) is 44.8 Å². The molecule has 2 rings (SSSR count). The van der Waals surface area contributed by atoms with Gasteiger partial charge in [-0.2, -0.15) is 0 Å². The third kappa shape index (κ3) is 3.98. The van der Waals surface area contributed by atoms with Crippen molar-refractivity contribution in [2.24, 2.45) is 0 Å². The molecule has 0 bridgehead atoms. The maximum absolute atomic E-state index is 5.87. The van der Waals surface area contributed by atoms with Crippen molar-refractivity contribution in [1.29, 1.82) is 0 Å². The molecule has 3 nitrogen and oxygen atoms in total. The Balaban J connectivity index is 2.63. The van der Waals surface area contributed by atoms with Crippen LogP contribution in [-0.2, 0) is 0 Å². The number of fused-ring (bicyclic) bond motifs is 1. The number of aromatic nitrogens is 1. The maximum atomic E-state index is 5.87. The van der Waals surface area contributed by atoms with Gasteiger partial charge < -0.3 is 10.5 Å². The van der Waals surface area contributed by atoms with E-state index in [0.29, 0.717) is 16.3 Å². The second-order valence-corrected chi connectivity index (χ2v) is 8.64. The SMILES string of the molecule is COc1cc(N)nc2cc(SC(C)C)c(SC(C)C)cc12. The topological polar surface area (TPSA) is 48.1 Å². The fourth-order valence-corrected chi connectivity index (χ4v) is 4.10. The Kier molecular flexibility index (Phi) is 5.27. The zero-order valence-electron chi connectivity index (χ0n) is 13.1. The summed E-state index contributed by atoms with van der Waals surface area (Å²) in [6.07, 6.45) is 0. The third-order valence-electron chi connectivity index (χ3n) is 2.80. The average molecular weight is 322 g/mol. The van der Waals surface area contributed by atoms with E-state index in [9.17, 15) is 0 Å². The van der Waals surface area contributed by atoms with Gasteiger partial charge in [0.1, 0.15) is 11.6 Å². The lowest BCUT2D eigenvalue weighted by atomic mass is 10.2. The van der Waals surface area contributed by atoms with Crippen LogP contribution in [0, 0.1) is 0 Å². The van der Waals surface area contributed by atoms with Gasteiger partial charge in [0.05, 0.1) is 12.6 Å². The van der Waals surface area contributed by atoms with Crippen LogP contribution in [0.5, 0.6) is 5.75 Å². The molecule has 1 heterocycles. The Hall–Kier alpha value is -1.07. The summed E-state index contributed by atoms with van der Waals surface area (Å²) in [5.41, 5.74) is 6.76. The number of thioether (sulfide) groups is 2. The van der Waals surface area contributed by atoms with Crippen LogP contribution in [0.2, 0.25) is 0 Å². The second-order valence-electron chi connectivity index (χ2n) is 5.40. The van der Waals surface area contributed by atoms with Crippen LogP contribution in [0.1, 0.15) is 27.7 Å². The van der Waals surface area contributed by atoms with Crippen LogP contribution in [-0.4, -0.2) is 22.6 Å². The first-order valence-corrected chi connectivity index (χ1v) is 8.78. The van der Waals surface area contributed by atoms with E-state index in [1.165, 1.54) is 9.79 Å². The summed E-state index contributed by atoms with van der Waals surface area (Å²) in [5, 5.41) is 2.07. The Bertz CT molecular complexity index is 642. The lowest BCUT2D eigenvalue weighted by molar-refractivity contribution is 0.419. The molecular formula is C16H22N2OS2. The first kappa shape index (κ1) is 16.3. The van der Waals surface area contributed by atoms with Gasteiger partial charge in [-0.05, 0) is 12.1 Å². The predicted octanol–water partition coefficient (Wildman–Crippen LogP) is 4.83. The highest BCUT2D eigenvalue weighted by Crippen LogP contribution is 2.40. The molecule has 0 aliphatic carbocycles. The van der Waals surface area contributed by atoms with Gasteiger partial charge in [0.2, 0.25) is 0 Å². The minimum absolute atomic E-state index is 0.490. The van der Waals surface area contributed by atoms with Crippen LogP contribution in [0.4, 0.5) is 5.82 Å². The number of ether oxygens (including phenoxy) is 1. The van der Waals surface area contributed by atoms with Gasteiger partial charge in [0.25, 0.3) is 0 Å². The molecular weight excluding hydrogens is 300 g/mol. The quantitative estimate of drug-likeness (QED) is 0.799. The van der Waals surface area contributed by atoms with Crippen molar-refractivity contribution in [1.82, 2.24) is 4.98 Å². The Labute approximate surface area is 135 Å². The zero-order chi connectivity index (χ0) is 15.6. The number of hydrogen-bond acceptors (Lipinski definition) is 5. The van der Waals surface area contributed by atoms with Gasteiger partial charge in [0, 0.05) is 31.7 Å². The molecule has 0 aliphatic heterocycles. The summed E-state index contributed by atoms with van der Waals surface area (Å²) in [6.45, 7) is 8.81. The number of hydrogen-bond donors (Lipinski definition) is 1. The molecule has 0 atom stereocenters. The molecule has 0 saturated heterocycles. The number of benzene rings is 1. The molecule has 0 radical (unpaired) electrons. The molecule has 0 spiro atoms. The normalized spacial score (nSPS) is 11.6. The van der Waals surface area contributed by atoms with Crippen molar-refractivity contribution in [3.8, 4) is 5.75 Å². The molecule has 1 aromatic carbocycles. The second kappa shape index (κ2) is 6.79.